The topological polar surface area (TPSA) is 70.7 Å². The van der Waals surface area contributed by atoms with E-state index in [9.17, 15) is 9.59 Å². The molecule has 0 spiro atoms. The van der Waals surface area contributed by atoms with Gasteiger partial charge in [0.2, 0.25) is 11.8 Å². The molecule has 0 unspecified atom stereocenters. The Balaban J connectivity index is 1.39. The van der Waals surface area contributed by atoms with Crippen molar-refractivity contribution in [2.24, 2.45) is 5.92 Å². The SMILES string of the molecule is Cc1ccc(N2C[C@H](C(=O)NNc3cc(Br)ccc3OCc3ccccc3Cl)CC2=O)cc1. The maximum Gasteiger partial charge on any atom is 0.243 e. The molecule has 1 aliphatic rings. The maximum absolute atomic E-state index is 12.8. The maximum atomic E-state index is 12.8. The van der Waals surface area contributed by atoms with E-state index in [1.165, 1.54) is 0 Å². The fourth-order valence-corrected chi connectivity index (χ4v) is 4.14. The van der Waals surface area contributed by atoms with E-state index in [4.69, 9.17) is 16.3 Å². The molecule has 3 aromatic rings. The number of halogens is 2. The molecule has 8 heteroatoms. The summed E-state index contributed by atoms with van der Waals surface area (Å²) in [5, 5.41) is 0.626. The first-order valence-electron chi connectivity index (χ1n) is 10.5. The molecule has 3 aromatic carbocycles. The van der Waals surface area contributed by atoms with Gasteiger partial charge >= 0.3 is 0 Å². The van der Waals surface area contributed by atoms with E-state index in [2.05, 4.69) is 26.8 Å². The van der Waals surface area contributed by atoms with Gasteiger partial charge in [-0.3, -0.25) is 20.4 Å². The second-order valence-electron chi connectivity index (χ2n) is 7.88. The van der Waals surface area contributed by atoms with Gasteiger partial charge in [-0.2, -0.15) is 0 Å². The predicted octanol–water partition coefficient (Wildman–Crippen LogP) is 5.49. The Morgan fingerprint density at radius 1 is 1.15 bits per heavy atom. The molecule has 1 aliphatic heterocycles. The van der Waals surface area contributed by atoms with Crippen molar-refractivity contribution in [3.63, 3.8) is 0 Å². The summed E-state index contributed by atoms with van der Waals surface area (Å²) in [7, 11) is 0. The molecule has 2 N–H and O–H groups in total. The van der Waals surface area contributed by atoms with E-state index in [0.29, 0.717) is 23.0 Å². The zero-order valence-corrected chi connectivity index (χ0v) is 20.3. The number of rotatable bonds is 7. The van der Waals surface area contributed by atoms with Crippen molar-refractivity contribution in [1.82, 2.24) is 5.43 Å². The molecule has 1 fully saturated rings. The van der Waals surface area contributed by atoms with Gasteiger partial charge in [0.05, 0.1) is 11.6 Å². The number of hydrogen-bond acceptors (Lipinski definition) is 4. The lowest BCUT2D eigenvalue weighted by atomic mass is 10.1. The third kappa shape index (κ3) is 5.67. The lowest BCUT2D eigenvalue weighted by Gasteiger charge is -2.18. The van der Waals surface area contributed by atoms with Gasteiger partial charge in [0.15, 0.2) is 0 Å². The minimum atomic E-state index is -0.453. The number of anilines is 2. The van der Waals surface area contributed by atoms with Gasteiger partial charge in [-0.25, -0.2) is 0 Å². The van der Waals surface area contributed by atoms with Gasteiger partial charge in [-0.05, 0) is 43.3 Å². The quantitative estimate of drug-likeness (QED) is 0.398. The number of hydrazine groups is 1. The number of carbonyl (C=O) groups excluding carboxylic acids is 2. The number of nitrogens with one attached hydrogen (secondary N) is 2. The normalized spacial score (nSPS) is 15.4. The summed E-state index contributed by atoms with van der Waals surface area (Å²) in [6.07, 6.45) is 0.162. The highest BCUT2D eigenvalue weighted by atomic mass is 79.9. The molecule has 0 bridgehead atoms. The largest absolute Gasteiger partial charge is 0.487 e. The number of carbonyl (C=O) groups is 2. The average Bonchev–Trinajstić information content (AvgIpc) is 3.20. The van der Waals surface area contributed by atoms with Crippen molar-refractivity contribution in [3.8, 4) is 5.75 Å². The van der Waals surface area contributed by atoms with Gasteiger partial charge in [0, 0.05) is 33.7 Å². The summed E-state index contributed by atoms with van der Waals surface area (Å²) in [5.41, 5.74) is 9.03. The summed E-state index contributed by atoms with van der Waals surface area (Å²) >= 11 is 9.66. The van der Waals surface area contributed by atoms with Gasteiger partial charge in [0.1, 0.15) is 12.4 Å². The summed E-state index contributed by atoms with van der Waals surface area (Å²) in [6, 6.07) is 20.6. The van der Waals surface area contributed by atoms with Crippen molar-refractivity contribution in [3.05, 3.63) is 87.4 Å². The van der Waals surface area contributed by atoms with Crippen molar-refractivity contribution in [1.29, 1.82) is 0 Å². The number of amides is 2. The molecule has 170 valence electrons. The van der Waals surface area contributed by atoms with Crippen LogP contribution >= 0.6 is 27.5 Å². The van der Waals surface area contributed by atoms with Crippen LogP contribution in [0.5, 0.6) is 5.75 Å². The molecule has 1 heterocycles. The molecular formula is C25H23BrClN3O3. The van der Waals surface area contributed by atoms with Crippen LogP contribution < -0.4 is 20.5 Å². The molecule has 0 aromatic heterocycles. The van der Waals surface area contributed by atoms with E-state index >= 15 is 0 Å². The molecule has 0 saturated carbocycles. The molecule has 1 saturated heterocycles. The molecule has 2 amide bonds. The number of benzene rings is 3. The zero-order chi connectivity index (χ0) is 23.4. The minimum absolute atomic E-state index is 0.0646. The number of ether oxygens (including phenoxy) is 1. The monoisotopic (exact) mass is 527 g/mol. The number of hydrogen-bond donors (Lipinski definition) is 2. The Morgan fingerprint density at radius 3 is 2.67 bits per heavy atom. The first-order valence-corrected chi connectivity index (χ1v) is 11.7. The Morgan fingerprint density at radius 2 is 1.91 bits per heavy atom. The first kappa shape index (κ1) is 23.1. The highest BCUT2D eigenvalue weighted by Crippen LogP contribution is 2.30. The lowest BCUT2D eigenvalue weighted by Crippen LogP contribution is -2.36. The molecule has 33 heavy (non-hydrogen) atoms. The van der Waals surface area contributed by atoms with Crippen LogP contribution in [-0.2, 0) is 16.2 Å². The van der Waals surface area contributed by atoms with E-state index in [1.54, 1.807) is 17.0 Å². The summed E-state index contributed by atoms with van der Waals surface area (Å²) in [6.45, 7) is 2.61. The molecular weight excluding hydrogens is 506 g/mol. The third-order valence-electron chi connectivity index (χ3n) is 5.44. The highest BCUT2D eigenvalue weighted by Gasteiger charge is 2.35. The second-order valence-corrected chi connectivity index (χ2v) is 9.20. The Kier molecular flexibility index (Phi) is 7.20. The minimum Gasteiger partial charge on any atom is -0.487 e. The van der Waals surface area contributed by atoms with Crippen LogP contribution in [0.25, 0.3) is 0 Å². The summed E-state index contributed by atoms with van der Waals surface area (Å²) < 4.78 is 6.76. The van der Waals surface area contributed by atoms with Crippen molar-refractivity contribution < 1.29 is 14.3 Å². The van der Waals surface area contributed by atoms with E-state index in [1.807, 2.05) is 61.5 Å². The Labute approximate surface area is 206 Å². The Bertz CT molecular complexity index is 1170. The first-order chi connectivity index (χ1) is 15.9. The fourth-order valence-electron chi connectivity index (χ4n) is 3.59. The van der Waals surface area contributed by atoms with E-state index < -0.39 is 5.92 Å². The van der Waals surface area contributed by atoms with Crippen LogP contribution in [0.2, 0.25) is 5.02 Å². The van der Waals surface area contributed by atoms with Crippen LogP contribution in [-0.4, -0.2) is 18.4 Å². The summed E-state index contributed by atoms with van der Waals surface area (Å²) in [5.74, 6) is -0.214. The second kappa shape index (κ2) is 10.3. The van der Waals surface area contributed by atoms with Crippen LogP contribution in [0.4, 0.5) is 11.4 Å². The van der Waals surface area contributed by atoms with Crippen molar-refractivity contribution >= 4 is 50.7 Å². The van der Waals surface area contributed by atoms with Gasteiger partial charge < -0.3 is 9.64 Å². The van der Waals surface area contributed by atoms with Gasteiger partial charge in [0.25, 0.3) is 0 Å². The Hall–Kier alpha value is -3.03. The fraction of sp³-hybridized carbons (Fsp3) is 0.200. The van der Waals surface area contributed by atoms with Crippen LogP contribution in [0, 0.1) is 12.8 Å². The number of aryl methyl sites for hydroxylation is 1. The smallest absolute Gasteiger partial charge is 0.243 e. The predicted molar refractivity (Wildman–Crippen MR) is 133 cm³/mol. The molecule has 4 rings (SSSR count). The average molecular weight is 529 g/mol. The van der Waals surface area contributed by atoms with Gasteiger partial charge in [-0.1, -0.05) is 63.4 Å². The van der Waals surface area contributed by atoms with Crippen molar-refractivity contribution in [2.45, 2.75) is 20.0 Å². The van der Waals surface area contributed by atoms with Crippen LogP contribution in [0.1, 0.15) is 17.5 Å². The van der Waals surface area contributed by atoms with Gasteiger partial charge in [-0.15, -0.1) is 0 Å². The molecule has 1 atom stereocenters. The lowest BCUT2D eigenvalue weighted by molar-refractivity contribution is -0.125. The summed E-state index contributed by atoms with van der Waals surface area (Å²) in [4.78, 5) is 26.9. The third-order valence-corrected chi connectivity index (χ3v) is 6.31. The van der Waals surface area contributed by atoms with Crippen LogP contribution in [0.3, 0.4) is 0 Å². The van der Waals surface area contributed by atoms with E-state index in [-0.39, 0.29) is 24.8 Å². The molecule has 6 nitrogen and oxygen atoms in total. The zero-order valence-electron chi connectivity index (χ0n) is 18.0. The molecule has 0 radical (unpaired) electrons. The highest BCUT2D eigenvalue weighted by molar-refractivity contribution is 9.10. The van der Waals surface area contributed by atoms with Crippen molar-refractivity contribution in [2.75, 3.05) is 16.9 Å². The number of nitrogens with zero attached hydrogens (tertiary/aromatic N) is 1. The van der Waals surface area contributed by atoms with Crippen LogP contribution in [0.15, 0.2) is 71.2 Å². The standard InChI is InChI=1S/C25H23BrClN3O3/c1-16-6-9-20(10-7-16)30-14-18(12-24(30)31)25(32)29-28-22-13-19(26)8-11-23(22)33-15-17-4-2-3-5-21(17)27/h2-11,13,18,28H,12,14-15H2,1H3,(H,29,32)/t18-/m1/s1. The molecule has 0 aliphatic carbocycles. The van der Waals surface area contributed by atoms with E-state index in [0.717, 1.165) is 21.3 Å².